The van der Waals surface area contributed by atoms with Gasteiger partial charge in [0.15, 0.2) is 5.13 Å². The largest absolute Gasteiger partial charge is 0.391 e. The number of nitrogens with zero attached hydrogens (tertiary/aromatic N) is 4. The van der Waals surface area contributed by atoms with E-state index in [0.29, 0.717) is 59.8 Å². The van der Waals surface area contributed by atoms with E-state index in [1.807, 2.05) is 22.8 Å². The molecule has 3 N–H and O–H groups in total. The lowest BCUT2D eigenvalue weighted by Crippen LogP contribution is -2.39. The number of hydrogen-bond acceptors (Lipinski definition) is 8. The van der Waals surface area contributed by atoms with Crippen LogP contribution in [0.5, 0.6) is 0 Å². The van der Waals surface area contributed by atoms with E-state index < -0.39 is 6.10 Å². The van der Waals surface area contributed by atoms with Gasteiger partial charge in [-0.1, -0.05) is 22.9 Å². The van der Waals surface area contributed by atoms with Gasteiger partial charge in [-0.15, -0.1) is 0 Å². The van der Waals surface area contributed by atoms with Crippen LogP contribution in [0.1, 0.15) is 16.8 Å². The number of fused-ring (bicyclic) bond motifs is 2. The first-order valence-corrected chi connectivity index (χ1v) is 12.7. The van der Waals surface area contributed by atoms with Crippen molar-refractivity contribution in [1.29, 1.82) is 0 Å². The summed E-state index contributed by atoms with van der Waals surface area (Å²) in [5, 5.41) is 16.9. The number of halogens is 1. The molecule has 1 saturated heterocycles. The topological polar surface area (TPSA) is 122 Å². The Morgan fingerprint density at radius 2 is 2.08 bits per heavy atom. The van der Waals surface area contributed by atoms with E-state index >= 15 is 0 Å². The van der Waals surface area contributed by atoms with Crippen molar-refractivity contribution >= 4 is 67.1 Å². The SMILES string of the molecule is COCCn1c(Nc2nc3ccc(Cl)cc3s2)nc2cc(C(=O)NCC(=O)N3CCC(O)C3)ccc21. The minimum Gasteiger partial charge on any atom is -0.391 e. The van der Waals surface area contributed by atoms with Crippen molar-refractivity contribution < 1.29 is 19.4 Å². The van der Waals surface area contributed by atoms with Crippen LogP contribution in [0.15, 0.2) is 36.4 Å². The van der Waals surface area contributed by atoms with E-state index in [4.69, 9.17) is 21.3 Å². The van der Waals surface area contributed by atoms with Crippen LogP contribution in [-0.4, -0.2) is 75.8 Å². The summed E-state index contributed by atoms with van der Waals surface area (Å²) in [6, 6.07) is 10.8. The molecule has 1 unspecified atom stereocenters. The Balaban J connectivity index is 1.36. The maximum atomic E-state index is 12.7. The number of aliphatic hydroxyl groups is 1. The molecule has 0 aliphatic carbocycles. The van der Waals surface area contributed by atoms with Gasteiger partial charge in [0.25, 0.3) is 5.91 Å². The predicted octanol–water partition coefficient (Wildman–Crippen LogP) is 3.01. The number of aromatic nitrogens is 3. The second kappa shape index (κ2) is 10.4. The molecule has 5 rings (SSSR count). The van der Waals surface area contributed by atoms with E-state index in [2.05, 4.69) is 15.6 Å². The molecular weight excluding hydrogens is 504 g/mol. The van der Waals surface area contributed by atoms with Crippen LogP contribution in [0.4, 0.5) is 11.1 Å². The molecule has 1 fully saturated rings. The van der Waals surface area contributed by atoms with E-state index in [1.54, 1.807) is 30.2 Å². The Hall–Kier alpha value is -3.25. The summed E-state index contributed by atoms with van der Waals surface area (Å²) in [5.41, 5.74) is 2.69. The lowest BCUT2D eigenvalue weighted by atomic mass is 10.2. The first kappa shape index (κ1) is 24.4. The fourth-order valence-corrected chi connectivity index (χ4v) is 5.30. The Labute approximate surface area is 215 Å². The summed E-state index contributed by atoms with van der Waals surface area (Å²) in [6.45, 7) is 1.70. The minimum atomic E-state index is -0.497. The third kappa shape index (κ3) is 5.14. The molecule has 4 aromatic rings. The molecule has 0 bridgehead atoms. The number of nitrogens with one attached hydrogen (secondary N) is 2. The molecule has 12 heteroatoms. The van der Waals surface area contributed by atoms with Crippen LogP contribution in [-0.2, 0) is 16.1 Å². The number of carbonyl (C=O) groups excluding carboxylic acids is 2. The zero-order valence-corrected chi connectivity index (χ0v) is 21.1. The van der Waals surface area contributed by atoms with E-state index in [-0.39, 0.29) is 18.4 Å². The van der Waals surface area contributed by atoms with E-state index in [0.717, 1.165) is 15.7 Å². The number of β-amino-alcohol motifs (C(OH)–C–C–N with tert-alkyl or cyclic N) is 1. The molecule has 2 aromatic heterocycles. The van der Waals surface area contributed by atoms with Gasteiger partial charge in [-0.25, -0.2) is 9.97 Å². The number of thiazole rings is 1. The minimum absolute atomic E-state index is 0.125. The standard InChI is InChI=1S/C24H25ClN6O4S/c1-35-9-8-31-19-5-2-14(22(34)26-12-21(33)30-7-6-16(32)13-30)10-18(19)27-23(31)29-24-28-17-4-3-15(25)11-20(17)36-24/h2-5,10-11,16,32H,6-9,12-13H2,1H3,(H,26,34)(H,27,28,29). The summed E-state index contributed by atoms with van der Waals surface area (Å²) in [5.74, 6) is -0.00467. The summed E-state index contributed by atoms with van der Waals surface area (Å²) < 4.78 is 8.21. The number of imidazole rings is 1. The highest BCUT2D eigenvalue weighted by Gasteiger charge is 2.24. The number of methoxy groups -OCH3 is 1. The van der Waals surface area contributed by atoms with Crippen molar-refractivity contribution in [1.82, 2.24) is 24.8 Å². The molecule has 2 amide bonds. The number of amides is 2. The summed E-state index contributed by atoms with van der Waals surface area (Å²) in [7, 11) is 1.64. The van der Waals surface area contributed by atoms with Crippen LogP contribution in [0.2, 0.25) is 5.02 Å². The van der Waals surface area contributed by atoms with Crippen LogP contribution in [0, 0.1) is 0 Å². The molecule has 1 aliphatic heterocycles. The second-order valence-corrected chi connectivity index (χ2v) is 9.97. The molecule has 36 heavy (non-hydrogen) atoms. The van der Waals surface area contributed by atoms with Crippen molar-refractivity contribution in [2.75, 3.05) is 38.7 Å². The summed E-state index contributed by atoms with van der Waals surface area (Å²) >= 11 is 7.58. The van der Waals surface area contributed by atoms with Crippen LogP contribution >= 0.6 is 22.9 Å². The number of anilines is 2. The number of carbonyl (C=O) groups is 2. The average Bonchev–Trinajstić information content (AvgIpc) is 3.56. The highest BCUT2D eigenvalue weighted by atomic mass is 35.5. The zero-order chi connectivity index (χ0) is 25.2. The van der Waals surface area contributed by atoms with Gasteiger partial charge in [-0.2, -0.15) is 0 Å². The number of likely N-dealkylation sites (tertiary alicyclic amines) is 1. The van der Waals surface area contributed by atoms with E-state index in [9.17, 15) is 14.7 Å². The number of hydrogen-bond donors (Lipinski definition) is 3. The van der Waals surface area contributed by atoms with Crippen LogP contribution < -0.4 is 10.6 Å². The number of aliphatic hydroxyl groups excluding tert-OH is 1. The van der Waals surface area contributed by atoms with Crippen molar-refractivity contribution in [2.45, 2.75) is 19.1 Å². The fraction of sp³-hybridized carbons (Fsp3) is 0.333. The second-order valence-electron chi connectivity index (χ2n) is 8.50. The molecule has 10 nitrogen and oxygen atoms in total. The van der Waals surface area contributed by atoms with Gasteiger partial charge in [0, 0.05) is 37.3 Å². The Bertz CT molecular complexity index is 1440. The fourth-order valence-electron chi connectivity index (χ4n) is 4.16. The zero-order valence-electron chi connectivity index (χ0n) is 19.5. The quantitative estimate of drug-likeness (QED) is 0.321. The third-order valence-electron chi connectivity index (χ3n) is 6.01. The smallest absolute Gasteiger partial charge is 0.251 e. The molecule has 0 radical (unpaired) electrons. The lowest BCUT2D eigenvalue weighted by Gasteiger charge is -2.15. The van der Waals surface area contributed by atoms with Crippen molar-refractivity contribution in [3.8, 4) is 0 Å². The van der Waals surface area contributed by atoms with E-state index in [1.165, 1.54) is 11.3 Å². The molecule has 2 aromatic carbocycles. The molecule has 0 saturated carbocycles. The van der Waals surface area contributed by atoms with Gasteiger partial charge in [0.1, 0.15) is 0 Å². The predicted molar refractivity (Wildman–Crippen MR) is 139 cm³/mol. The highest BCUT2D eigenvalue weighted by molar-refractivity contribution is 7.22. The third-order valence-corrected chi connectivity index (χ3v) is 7.18. The molecule has 188 valence electrons. The van der Waals surface area contributed by atoms with Crippen molar-refractivity contribution in [3.63, 3.8) is 0 Å². The first-order chi connectivity index (χ1) is 17.4. The molecule has 0 spiro atoms. The monoisotopic (exact) mass is 528 g/mol. The van der Waals surface area contributed by atoms with Crippen LogP contribution in [0.3, 0.4) is 0 Å². The van der Waals surface area contributed by atoms with Gasteiger partial charge < -0.3 is 29.9 Å². The van der Waals surface area contributed by atoms with Gasteiger partial charge in [-0.3, -0.25) is 9.59 Å². The highest BCUT2D eigenvalue weighted by Crippen LogP contribution is 2.31. The van der Waals surface area contributed by atoms with Gasteiger partial charge in [0.2, 0.25) is 11.9 Å². The number of ether oxygens (including phenoxy) is 1. The van der Waals surface area contributed by atoms with Gasteiger partial charge in [-0.05, 0) is 42.8 Å². The number of rotatable bonds is 8. The molecule has 3 heterocycles. The van der Waals surface area contributed by atoms with Gasteiger partial charge >= 0.3 is 0 Å². The lowest BCUT2D eigenvalue weighted by molar-refractivity contribution is -0.129. The molecule has 1 aliphatic rings. The molecule has 1 atom stereocenters. The maximum Gasteiger partial charge on any atom is 0.251 e. The van der Waals surface area contributed by atoms with Crippen molar-refractivity contribution in [3.05, 3.63) is 47.0 Å². The van der Waals surface area contributed by atoms with Gasteiger partial charge in [0.05, 0.1) is 40.5 Å². The Morgan fingerprint density at radius 3 is 2.86 bits per heavy atom. The normalized spacial score (nSPS) is 15.6. The Kier molecular flexibility index (Phi) is 7.06. The van der Waals surface area contributed by atoms with Crippen LogP contribution in [0.25, 0.3) is 21.3 Å². The maximum absolute atomic E-state index is 12.7. The average molecular weight is 529 g/mol. The number of benzene rings is 2. The Morgan fingerprint density at radius 1 is 1.22 bits per heavy atom. The first-order valence-electron chi connectivity index (χ1n) is 11.5. The van der Waals surface area contributed by atoms with Crippen molar-refractivity contribution in [2.24, 2.45) is 0 Å². The summed E-state index contributed by atoms with van der Waals surface area (Å²) in [4.78, 5) is 35.9. The summed E-state index contributed by atoms with van der Waals surface area (Å²) in [6.07, 6.45) is 0.0621. The molecular formula is C24H25ClN6O4S.